The van der Waals surface area contributed by atoms with Crippen LogP contribution < -0.4 is 14.8 Å². The number of amides is 2. The van der Waals surface area contributed by atoms with Crippen molar-refractivity contribution in [3.05, 3.63) is 58.6 Å². The van der Waals surface area contributed by atoms with Crippen LogP contribution in [0.2, 0.25) is 5.02 Å². The van der Waals surface area contributed by atoms with E-state index in [9.17, 15) is 9.59 Å². The van der Waals surface area contributed by atoms with Crippen molar-refractivity contribution in [2.45, 2.75) is 58.2 Å². The van der Waals surface area contributed by atoms with E-state index in [1.165, 1.54) is 0 Å². The lowest BCUT2D eigenvalue weighted by Crippen LogP contribution is -2.50. The molecule has 0 spiro atoms. The smallest absolute Gasteiger partial charge is 0.261 e. The van der Waals surface area contributed by atoms with Crippen molar-refractivity contribution in [2.75, 3.05) is 13.7 Å². The standard InChI is InChI=1S/C25H31ClN2O4/c1-17-13-22(11-12-23(17)26)32-16-24(29)28(15-19-7-6-10-21(14-19)31-3)18(2)25(30)27-20-8-4-5-9-20/h6-7,10-14,18,20H,4-5,8-9,15-16H2,1-3H3,(H,27,30)/t18-/m1/s1. The average molecular weight is 459 g/mol. The van der Waals surface area contributed by atoms with Crippen molar-refractivity contribution in [1.82, 2.24) is 10.2 Å². The molecule has 1 fully saturated rings. The van der Waals surface area contributed by atoms with Crippen molar-refractivity contribution in [3.63, 3.8) is 0 Å². The van der Waals surface area contributed by atoms with Crippen molar-refractivity contribution in [2.24, 2.45) is 0 Å². The molecule has 3 rings (SSSR count). The molecule has 2 aromatic rings. The summed E-state index contributed by atoms with van der Waals surface area (Å²) in [7, 11) is 1.60. The van der Waals surface area contributed by atoms with Gasteiger partial charge in [0, 0.05) is 17.6 Å². The quantitative estimate of drug-likeness (QED) is 0.600. The van der Waals surface area contributed by atoms with Crippen molar-refractivity contribution >= 4 is 23.4 Å². The zero-order valence-corrected chi connectivity index (χ0v) is 19.7. The second-order valence-electron chi connectivity index (χ2n) is 8.24. The maximum absolute atomic E-state index is 13.2. The van der Waals surface area contributed by atoms with E-state index < -0.39 is 6.04 Å². The molecule has 0 saturated heterocycles. The normalized spacial score (nSPS) is 14.6. The molecule has 7 heteroatoms. The highest BCUT2D eigenvalue weighted by atomic mass is 35.5. The first kappa shape index (κ1) is 23.9. The fraction of sp³-hybridized carbons (Fsp3) is 0.440. The number of hydrogen-bond donors (Lipinski definition) is 1. The Morgan fingerprint density at radius 2 is 1.91 bits per heavy atom. The monoisotopic (exact) mass is 458 g/mol. The van der Waals surface area contributed by atoms with E-state index in [1.807, 2.05) is 31.2 Å². The number of methoxy groups -OCH3 is 1. The summed E-state index contributed by atoms with van der Waals surface area (Å²) in [5.74, 6) is 0.848. The molecule has 32 heavy (non-hydrogen) atoms. The largest absolute Gasteiger partial charge is 0.497 e. The average Bonchev–Trinajstić information content (AvgIpc) is 3.30. The predicted molar refractivity (Wildman–Crippen MR) is 125 cm³/mol. The van der Waals surface area contributed by atoms with Gasteiger partial charge in [-0.25, -0.2) is 0 Å². The van der Waals surface area contributed by atoms with Gasteiger partial charge in [-0.1, -0.05) is 36.6 Å². The van der Waals surface area contributed by atoms with E-state index in [0.29, 0.717) is 16.5 Å². The fourth-order valence-corrected chi connectivity index (χ4v) is 3.99. The van der Waals surface area contributed by atoms with Gasteiger partial charge >= 0.3 is 0 Å². The van der Waals surface area contributed by atoms with Crippen molar-refractivity contribution < 1.29 is 19.1 Å². The number of ether oxygens (including phenoxy) is 2. The Bertz CT molecular complexity index is 943. The van der Waals surface area contributed by atoms with Gasteiger partial charge in [-0.05, 0) is 68.1 Å². The molecule has 0 radical (unpaired) electrons. The van der Waals surface area contributed by atoms with Crippen LogP contribution in [0.25, 0.3) is 0 Å². The lowest BCUT2D eigenvalue weighted by molar-refractivity contribution is -0.142. The molecule has 0 bridgehead atoms. The first-order valence-electron chi connectivity index (χ1n) is 11.0. The number of nitrogens with zero attached hydrogens (tertiary/aromatic N) is 1. The third-order valence-electron chi connectivity index (χ3n) is 5.85. The third-order valence-corrected chi connectivity index (χ3v) is 6.27. The number of nitrogens with one attached hydrogen (secondary N) is 1. The number of rotatable bonds is 9. The van der Waals surface area contributed by atoms with Gasteiger partial charge < -0.3 is 19.7 Å². The minimum absolute atomic E-state index is 0.143. The summed E-state index contributed by atoms with van der Waals surface area (Å²) >= 11 is 6.07. The second kappa shape index (κ2) is 11.2. The van der Waals surface area contributed by atoms with Crippen LogP contribution in [-0.4, -0.2) is 42.5 Å². The topological polar surface area (TPSA) is 67.9 Å². The van der Waals surface area contributed by atoms with Gasteiger partial charge in [0.15, 0.2) is 6.61 Å². The molecule has 172 valence electrons. The van der Waals surface area contributed by atoms with Gasteiger partial charge in [-0.15, -0.1) is 0 Å². The lowest BCUT2D eigenvalue weighted by Gasteiger charge is -2.29. The summed E-state index contributed by atoms with van der Waals surface area (Å²) in [6, 6.07) is 12.3. The summed E-state index contributed by atoms with van der Waals surface area (Å²) in [5.41, 5.74) is 1.75. The molecule has 0 aromatic heterocycles. The van der Waals surface area contributed by atoms with Gasteiger partial charge in [0.2, 0.25) is 5.91 Å². The lowest BCUT2D eigenvalue weighted by atomic mass is 10.1. The Morgan fingerprint density at radius 3 is 2.59 bits per heavy atom. The van der Waals surface area contributed by atoms with Gasteiger partial charge in [-0.2, -0.15) is 0 Å². The molecule has 6 nitrogen and oxygen atoms in total. The maximum Gasteiger partial charge on any atom is 0.261 e. The first-order chi connectivity index (χ1) is 15.4. The summed E-state index contributed by atoms with van der Waals surface area (Å²) < 4.78 is 11.0. The van der Waals surface area contributed by atoms with Crippen LogP contribution in [0, 0.1) is 6.92 Å². The van der Waals surface area contributed by atoms with E-state index >= 15 is 0 Å². The number of benzene rings is 2. The Balaban J connectivity index is 1.73. The number of carbonyl (C=O) groups is 2. The molecule has 0 unspecified atom stereocenters. The second-order valence-corrected chi connectivity index (χ2v) is 8.65. The molecule has 1 atom stereocenters. The van der Waals surface area contributed by atoms with Crippen LogP contribution in [0.5, 0.6) is 11.5 Å². The zero-order chi connectivity index (χ0) is 23.1. The molecule has 2 aromatic carbocycles. The SMILES string of the molecule is COc1cccc(CN(C(=O)COc2ccc(Cl)c(C)c2)[C@H](C)C(=O)NC2CCCC2)c1. The third kappa shape index (κ3) is 6.39. The minimum Gasteiger partial charge on any atom is -0.497 e. The van der Waals surface area contributed by atoms with Crippen LogP contribution in [0.3, 0.4) is 0 Å². The number of carbonyl (C=O) groups excluding carboxylic acids is 2. The molecular formula is C25H31ClN2O4. The maximum atomic E-state index is 13.2. The molecule has 1 aliphatic carbocycles. The highest BCUT2D eigenvalue weighted by Gasteiger charge is 2.28. The van der Waals surface area contributed by atoms with Crippen LogP contribution >= 0.6 is 11.6 Å². The highest BCUT2D eigenvalue weighted by molar-refractivity contribution is 6.31. The predicted octanol–water partition coefficient (Wildman–Crippen LogP) is 4.51. The fourth-order valence-electron chi connectivity index (χ4n) is 3.88. The number of hydrogen-bond acceptors (Lipinski definition) is 4. The van der Waals surface area contributed by atoms with Crippen LogP contribution in [0.1, 0.15) is 43.7 Å². The summed E-state index contributed by atoms with van der Waals surface area (Å²) in [5, 5.41) is 3.74. The van der Waals surface area contributed by atoms with Gasteiger partial charge in [0.1, 0.15) is 17.5 Å². The molecular weight excluding hydrogens is 428 g/mol. The molecule has 1 saturated carbocycles. The van der Waals surface area contributed by atoms with E-state index in [4.69, 9.17) is 21.1 Å². The molecule has 2 amide bonds. The van der Waals surface area contributed by atoms with Crippen molar-refractivity contribution in [1.29, 1.82) is 0 Å². The summed E-state index contributed by atoms with van der Waals surface area (Å²) in [6.45, 7) is 3.74. The number of aryl methyl sites for hydroxylation is 1. The van der Waals surface area contributed by atoms with E-state index in [2.05, 4.69) is 5.32 Å². The van der Waals surface area contributed by atoms with Gasteiger partial charge in [-0.3, -0.25) is 9.59 Å². The van der Waals surface area contributed by atoms with Crippen LogP contribution in [-0.2, 0) is 16.1 Å². The Kier molecular flexibility index (Phi) is 8.39. The van der Waals surface area contributed by atoms with Crippen LogP contribution in [0.4, 0.5) is 0 Å². The highest BCUT2D eigenvalue weighted by Crippen LogP contribution is 2.22. The Morgan fingerprint density at radius 1 is 1.16 bits per heavy atom. The Hall–Kier alpha value is -2.73. The zero-order valence-electron chi connectivity index (χ0n) is 18.9. The van der Waals surface area contributed by atoms with Gasteiger partial charge in [0.05, 0.1) is 7.11 Å². The first-order valence-corrected chi connectivity index (χ1v) is 11.4. The molecule has 1 N–H and O–H groups in total. The molecule has 0 heterocycles. The van der Waals surface area contributed by atoms with E-state index in [-0.39, 0.29) is 31.0 Å². The summed E-state index contributed by atoms with van der Waals surface area (Å²) in [4.78, 5) is 27.7. The number of halogens is 1. The molecule has 0 aliphatic heterocycles. The molecule has 1 aliphatic rings. The van der Waals surface area contributed by atoms with E-state index in [1.54, 1.807) is 37.1 Å². The van der Waals surface area contributed by atoms with Crippen LogP contribution in [0.15, 0.2) is 42.5 Å². The minimum atomic E-state index is -0.634. The summed E-state index contributed by atoms with van der Waals surface area (Å²) in [6.07, 6.45) is 4.23. The van der Waals surface area contributed by atoms with Crippen molar-refractivity contribution in [3.8, 4) is 11.5 Å². The van der Waals surface area contributed by atoms with Gasteiger partial charge in [0.25, 0.3) is 5.91 Å². The Labute approximate surface area is 194 Å². The van der Waals surface area contributed by atoms with E-state index in [0.717, 1.165) is 36.8 Å².